The van der Waals surface area contributed by atoms with Crippen LogP contribution in [0.2, 0.25) is 0 Å². The summed E-state index contributed by atoms with van der Waals surface area (Å²) >= 11 is 7.05. The van der Waals surface area contributed by atoms with Crippen molar-refractivity contribution in [1.82, 2.24) is 0 Å². The Morgan fingerprint density at radius 1 is 1.30 bits per heavy atom. The second-order valence-corrected chi connectivity index (χ2v) is 8.08. The fourth-order valence-electron chi connectivity index (χ4n) is 1.90. The number of ether oxygens (including phenoxy) is 1. The molecule has 2 N–H and O–H groups in total. The van der Waals surface area contributed by atoms with Crippen molar-refractivity contribution in [3.63, 3.8) is 0 Å². The molecular weight excluding hydrogens is 354 g/mol. The van der Waals surface area contributed by atoms with E-state index in [2.05, 4.69) is 41.1 Å². The predicted octanol–water partition coefficient (Wildman–Crippen LogP) is 5.09. The molecule has 2 nitrogen and oxygen atoms in total. The molecule has 0 amide bonds. The van der Waals surface area contributed by atoms with Gasteiger partial charge in [0.2, 0.25) is 0 Å². The third kappa shape index (κ3) is 3.79. The van der Waals surface area contributed by atoms with Gasteiger partial charge in [-0.15, -0.1) is 23.1 Å². The SMILES string of the molecule is CCC(N)C(Sc1ccccc1OC)c1ccc(Br)s1. The number of benzene rings is 1. The van der Waals surface area contributed by atoms with E-state index >= 15 is 0 Å². The molecule has 0 fully saturated rings. The van der Waals surface area contributed by atoms with E-state index in [4.69, 9.17) is 10.5 Å². The highest BCUT2D eigenvalue weighted by Crippen LogP contribution is 2.44. The maximum Gasteiger partial charge on any atom is 0.132 e. The molecule has 1 heterocycles. The molecular formula is C15H18BrNOS2. The number of hydrogen-bond acceptors (Lipinski definition) is 4. The fraction of sp³-hybridized carbons (Fsp3) is 0.333. The van der Waals surface area contributed by atoms with E-state index in [0.717, 1.165) is 20.9 Å². The predicted molar refractivity (Wildman–Crippen MR) is 91.9 cm³/mol. The van der Waals surface area contributed by atoms with E-state index in [1.54, 1.807) is 30.2 Å². The van der Waals surface area contributed by atoms with Crippen molar-refractivity contribution < 1.29 is 4.74 Å². The Morgan fingerprint density at radius 2 is 2.05 bits per heavy atom. The fourth-order valence-corrected chi connectivity index (χ4v) is 4.93. The highest BCUT2D eigenvalue weighted by Gasteiger charge is 2.22. The van der Waals surface area contributed by atoms with Crippen LogP contribution in [0.5, 0.6) is 5.75 Å². The largest absolute Gasteiger partial charge is 0.496 e. The second-order valence-electron chi connectivity index (χ2n) is 4.40. The van der Waals surface area contributed by atoms with E-state index < -0.39 is 0 Å². The van der Waals surface area contributed by atoms with Gasteiger partial charge in [0, 0.05) is 10.9 Å². The first kappa shape index (κ1) is 15.9. The first-order valence-electron chi connectivity index (χ1n) is 6.46. The number of hydrogen-bond donors (Lipinski definition) is 1. The molecule has 0 aliphatic rings. The van der Waals surface area contributed by atoms with Crippen LogP contribution in [0.1, 0.15) is 23.5 Å². The molecule has 0 saturated carbocycles. The van der Waals surface area contributed by atoms with Gasteiger partial charge in [-0.05, 0) is 46.6 Å². The summed E-state index contributed by atoms with van der Waals surface area (Å²) in [5, 5.41) is 0.243. The van der Waals surface area contributed by atoms with E-state index in [9.17, 15) is 0 Å². The van der Waals surface area contributed by atoms with Crippen molar-refractivity contribution in [2.24, 2.45) is 5.73 Å². The van der Waals surface area contributed by atoms with E-state index in [1.807, 2.05) is 18.2 Å². The average molecular weight is 372 g/mol. The second kappa shape index (κ2) is 7.50. The van der Waals surface area contributed by atoms with Gasteiger partial charge in [0.15, 0.2) is 0 Å². The van der Waals surface area contributed by atoms with Crippen molar-refractivity contribution in [2.45, 2.75) is 29.5 Å². The Kier molecular flexibility index (Phi) is 5.96. The Hall–Kier alpha value is -0.490. The molecule has 2 rings (SSSR count). The smallest absolute Gasteiger partial charge is 0.132 e. The van der Waals surface area contributed by atoms with Gasteiger partial charge < -0.3 is 10.5 Å². The zero-order chi connectivity index (χ0) is 14.5. The van der Waals surface area contributed by atoms with Gasteiger partial charge in [-0.3, -0.25) is 0 Å². The van der Waals surface area contributed by atoms with E-state index in [1.165, 1.54) is 4.88 Å². The molecule has 0 aliphatic heterocycles. The minimum atomic E-state index is 0.121. The molecule has 2 aromatic rings. The van der Waals surface area contributed by atoms with Crippen LogP contribution >= 0.6 is 39.0 Å². The molecule has 5 heteroatoms. The van der Waals surface area contributed by atoms with Gasteiger partial charge in [-0.1, -0.05) is 19.1 Å². The van der Waals surface area contributed by atoms with Crippen LogP contribution in [0.4, 0.5) is 0 Å². The first-order valence-corrected chi connectivity index (χ1v) is 8.95. The average Bonchev–Trinajstić information content (AvgIpc) is 2.90. The number of thioether (sulfide) groups is 1. The number of methoxy groups -OCH3 is 1. The van der Waals surface area contributed by atoms with Crippen molar-refractivity contribution in [3.8, 4) is 5.75 Å². The van der Waals surface area contributed by atoms with Crippen LogP contribution in [-0.4, -0.2) is 13.2 Å². The standard InChI is InChI=1S/C15H18BrNOS2/c1-3-10(17)15(13-8-9-14(16)19-13)20-12-7-5-4-6-11(12)18-2/h4-10,15H,3,17H2,1-2H3. The van der Waals surface area contributed by atoms with Gasteiger partial charge in [0.05, 0.1) is 21.0 Å². The molecule has 1 aromatic carbocycles. The highest BCUT2D eigenvalue weighted by atomic mass is 79.9. The monoisotopic (exact) mass is 371 g/mol. The molecule has 1 aromatic heterocycles. The van der Waals surface area contributed by atoms with Crippen molar-refractivity contribution in [3.05, 3.63) is 45.1 Å². The van der Waals surface area contributed by atoms with Crippen molar-refractivity contribution in [2.75, 3.05) is 7.11 Å². The van der Waals surface area contributed by atoms with Gasteiger partial charge in [0.1, 0.15) is 5.75 Å². The molecule has 2 atom stereocenters. The minimum Gasteiger partial charge on any atom is -0.496 e. The lowest BCUT2D eigenvalue weighted by Crippen LogP contribution is -2.25. The molecule has 0 spiro atoms. The van der Waals surface area contributed by atoms with Gasteiger partial charge >= 0.3 is 0 Å². The molecule has 0 bridgehead atoms. The van der Waals surface area contributed by atoms with Gasteiger partial charge in [-0.25, -0.2) is 0 Å². The number of halogens is 1. The summed E-state index contributed by atoms with van der Waals surface area (Å²) in [7, 11) is 1.70. The summed E-state index contributed by atoms with van der Waals surface area (Å²) in [6.07, 6.45) is 0.947. The van der Waals surface area contributed by atoms with Crippen LogP contribution < -0.4 is 10.5 Å². The summed E-state index contributed by atoms with van der Waals surface area (Å²) in [6, 6.07) is 12.4. The number of thiophene rings is 1. The quantitative estimate of drug-likeness (QED) is 0.718. The molecule has 2 unspecified atom stereocenters. The Bertz CT molecular complexity index is 558. The Labute approximate surface area is 136 Å². The Balaban J connectivity index is 2.28. The summed E-state index contributed by atoms with van der Waals surface area (Å²) in [5.41, 5.74) is 6.33. The molecule has 0 radical (unpaired) electrons. The van der Waals surface area contributed by atoms with E-state index in [0.29, 0.717) is 0 Å². The van der Waals surface area contributed by atoms with Crippen LogP contribution in [0.3, 0.4) is 0 Å². The summed E-state index contributed by atoms with van der Waals surface area (Å²) in [6.45, 7) is 2.13. The topological polar surface area (TPSA) is 35.2 Å². The Morgan fingerprint density at radius 3 is 2.65 bits per heavy atom. The van der Waals surface area contributed by atoms with E-state index in [-0.39, 0.29) is 11.3 Å². The number of para-hydroxylation sites is 1. The highest BCUT2D eigenvalue weighted by molar-refractivity contribution is 9.11. The lowest BCUT2D eigenvalue weighted by atomic mass is 10.1. The normalized spacial score (nSPS) is 14.0. The molecule has 108 valence electrons. The van der Waals surface area contributed by atoms with Crippen LogP contribution in [-0.2, 0) is 0 Å². The minimum absolute atomic E-state index is 0.121. The zero-order valence-corrected chi connectivity index (χ0v) is 14.7. The lowest BCUT2D eigenvalue weighted by molar-refractivity contribution is 0.404. The third-order valence-electron chi connectivity index (χ3n) is 3.06. The number of rotatable bonds is 6. The van der Waals surface area contributed by atoms with Gasteiger partial charge in [0.25, 0.3) is 0 Å². The first-order chi connectivity index (χ1) is 9.65. The lowest BCUT2D eigenvalue weighted by Gasteiger charge is -2.22. The van der Waals surface area contributed by atoms with Crippen LogP contribution in [0.15, 0.2) is 45.1 Å². The summed E-state index contributed by atoms with van der Waals surface area (Å²) in [5.74, 6) is 0.904. The summed E-state index contributed by atoms with van der Waals surface area (Å²) < 4.78 is 6.57. The maximum absolute atomic E-state index is 6.33. The maximum atomic E-state index is 6.33. The molecule has 0 saturated heterocycles. The van der Waals surface area contributed by atoms with Crippen molar-refractivity contribution in [1.29, 1.82) is 0 Å². The van der Waals surface area contributed by atoms with Crippen LogP contribution in [0.25, 0.3) is 0 Å². The van der Waals surface area contributed by atoms with Crippen molar-refractivity contribution >= 4 is 39.0 Å². The molecule has 0 aliphatic carbocycles. The zero-order valence-electron chi connectivity index (χ0n) is 11.5. The molecule has 20 heavy (non-hydrogen) atoms. The van der Waals surface area contributed by atoms with Gasteiger partial charge in [-0.2, -0.15) is 0 Å². The van der Waals surface area contributed by atoms with Crippen LogP contribution in [0, 0.1) is 0 Å². The summed E-state index contributed by atoms with van der Waals surface area (Å²) in [4.78, 5) is 2.43. The number of nitrogens with two attached hydrogens (primary N) is 1. The third-order valence-corrected chi connectivity index (χ3v) is 6.36.